The number of amides is 1. The number of tetrazole rings is 1. The highest BCUT2D eigenvalue weighted by Gasteiger charge is 2.35. The van der Waals surface area contributed by atoms with E-state index in [1.807, 2.05) is 42.2 Å². The molecule has 1 saturated heterocycles. The van der Waals surface area contributed by atoms with E-state index in [-0.39, 0.29) is 11.9 Å². The molecular weight excluding hydrogens is 344 g/mol. The molecule has 8 heteroatoms. The second-order valence-electron chi connectivity index (χ2n) is 7.13. The molecule has 1 aromatic heterocycles. The Bertz CT molecular complexity index is 708. The fourth-order valence-electron chi connectivity index (χ4n) is 3.72. The van der Waals surface area contributed by atoms with Crippen LogP contribution in [-0.4, -0.2) is 70.3 Å². The van der Waals surface area contributed by atoms with E-state index < -0.39 is 6.10 Å². The predicted molar refractivity (Wildman–Crippen MR) is 102 cm³/mol. The average Bonchev–Trinajstić information content (AvgIpc) is 3.22. The second-order valence-corrected chi connectivity index (χ2v) is 7.13. The van der Waals surface area contributed by atoms with Crippen molar-refractivity contribution in [1.82, 2.24) is 25.5 Å². The number of anilines is 1. The summed E-state index contributed by atoms with van der Waals surface area (Å²) in [7, 11) is 1.58. The number of piperidine rings is 1. The maximum Gasteiger partial charge on any atom is 0.256 e. The number of nitrogens with zero attached hydrogens (tertiary/aromatic N) is 5. The molecule has 2 heterocycles. The summed E-state index contributed by atoms with van der Waals surface area (Å²) in [4.78, 5) is 17.4. The van der Waals surface area contributed by atoms with Gasteiger partial charge in [-0.05, 0) is 31.4 Å². The fraction of sp³-hybridized carbons (Fsp3) is 0.579. The van der Waals surface area contributed by atoms with Crippen molar-refractivity contribution in [3.8, 4) is 0 Å². The summed E-state index contributed by atoms with van der Waals surface area (Å²) >= 11 is 0. The van der Waals surface area contributed by atoms with Crippen LogP contribution in [-0.2, 0) is 16.0 Å². The molecule has 0 aliphatic carbocycles. The fourth-order valence-corrected chi connectivity index (χ4v) is 3.72. The maximum atomic E-state index is 13.0. The van der Waals surface area contributed by atoms with E-state index in [4.69, 9.17) is 4.74 Å². The van der Waals surface area contributed by atoms with E-state index in [1.54, 1.807) is 7.11 Å². The van der Waals surface area contributed by atoms with Gasteiger partial charge in [0.05, 0.1) is 0 Å². The minimum Gasteiger partial charge on any atom is -0.372 e. The topological polar surface area (TPSA) is 87.2 Å². The van der Waals surface area contributed by atoms with Crippen LogP contribution in [0, 0.1) is 5.92 Å². The molecule has 1 N–H and O–H groups in total. The van der Waals surface area contributed by atoms with Gasteiger partial charge >= 0.3 is 0 Å². The van der Waals surface area contributed by atoms with Gasteiger partial charge in [0.1, 0.15) is 6.10 Å². The van der Waals surface area contributed by atoms with Crippen LogP contribution in [0.2, 0.25) is 0 Å². The minimum absolute atomic E-state index is 0.0146. The van der Waals surface area contributed by atoms with Crippen molar-refractivity contribution < 1.29 is 9.53 Å². The number of hydrogen-bond acceptors (Lipinski definition) is 6. The lowest BCUT2D eigenvalue weighted by atomic mass is 9.91. The molecule has 1 unspecified atom stereocenters. The molecule has 1 fully saturated rings. The van der Waals surface area contributed by atoms with Gasteiger partial charge in [0.15, 0.2) is 5.82 Å². The Balaban J connectivity index is 1.69. The first kappa shape index (κ1) is 19.4. The molecule has 0 radical (unpaired) electrons. The number of hydrogen-bond donors (Lipinski definition) is 1. The van der Waals surface area contributed by atoms with Crippen LogP contribution in [0.15, 0.2) is 30.3 Å². The summed E-state index contributed by atoms with van der Waals surface area (Å²) in [5.74, 6) is 1.10. The lowest BCUT2D eigenvalue weighted by Crippen LogP contribution is -2.54. The van der Waals surface area contributed by atoms with Crippen molar-refractivity contribution in [3.05, 3.63) is 36.2 Å². The standard InChI is InChI=1S/C19H28N6O2/c1-14-13-24(12-10-18-20-22-23-21-18)11-9-17(14)25(19(26)15(2)27-3)16-7-5-4-6-8-16/h4-8,14-15,17H,9-13H2,1-3H3,(H,20,21,22,23)/t14-,15?,17+/m0/s1. The van der Waals surface area contributed by atoms with Gasteiger partial charge in [0.25, 0.3) is 5.91 Å². The number of aromatic nitrogens is 4. The highest BCUT2D eigenvalue weighted by molar-refractivity contribution is 5.97. The summed E-state index contributed by atoms with van der Waals surface area (Å²) in [6, 6.07) is 10.1. The largest absolute Gasteiger partial charge is 0.372 e. The maximum absolute atomic E-state index is 13.0. The number of rotatable bonds is 7. The Morgan fingerprint density at radius 1 is 1.41 bits per heavy atom. The van der Waals surface area contributed by atoms with Crippen molar-refractivity contribution in [2.24, 2.45) is 5.92 Å². The number of benzene rings is 1. The SMILES string of the molecule is COC(C)C(=O)N(c1ccccc1)[C@@H]1CCN(CCc2nn[nH]n2)C[C@@H]1C. The van der Waals surface area contributed by atoms with Gasteiger partial charge in [-0.3, -0.25) is 4.79 Å². The highest BCUT2D eigenvalue weighted by Crippen LogP contribution is 2.28. The Labute approximate surface area is 159 Å². The van der Waals surface area contributed by atoms with Crippen LogP contribution in [0.3, 0.4) is 0 Å². The molecule has 1 amide bonds. The highest BCUT2D eigenvalue weighted by atomic mass is 16.5. The zero-order valence-electron chi connectivity index (χ0n) is 16.2. The molecular formula is C19H28N6O2. The number of carbonyl (C=O) groups is 1. The van der Waals surface area contributed by atoms with Crippen molar-refractivity contribution in [2.75, 3.05) is 31.6 Å². The number of H-pyrrole nitrogens is 1. The molecule has 1 aliphatic heterocycles. The number of para-hydroxylation sites is 1. The van der Waals surface area contributed by atoms with Crippen molar-refractivity contribution in [1.29, 1.82) is 0 Å². The summed E-state index contributed by atoms with van der Waals surface area (Å²) < 4.78 is 5.32. The lowest BCUT2D eigenvalue weighted by molar-refractivity contribution is -0.128. The summed E-state index contributed by atoms with van der Waals surface area (Å²) in [5.41, 5.74) is 0.934. The van der Waals surface area contributed by atoms with Gasteiger partial charge in [-0.15, -0.1) is 10.2 Å². The van der Waals surface area contributed by atoms with Gasteiger partial charge in [0, 0.05) is 44.9 Å². The number of ether oxygens (including phenoxy) is 1. The third-order valence-corrected chi connectivity index (χ3v) is 5.29. The van der Waals surface area contributed by atoms with Crippen LogP contribution < -0.4 is 4.90 Å². The average molecular weight is 372 g/mol. The van der Waals surface area contributed by atoms with E-state index in [1.165, 1.54) is 0 Å². The van der Waals surface area contributed by atoms with Crippen molar-refractivity contribution >= 4 is 11.6 Å². The van der Waals surface area contributed by atoms with E-state index in [2.05, 4.69) is 32.4 Å². The second kappa shape index (κ2) is 9.05. The number of methoxy groups -OCH3 is 1. The Morgan fingerprint density at radius 2 is 2.19 bits per heavy atom. The number of nitrogens with one attached hydrogen (secondary N) is 1. The molecule has 0 saturated carbocycles. The number of likely N-dealkylation sites (tertiary alicyclic amines) is 1. The molecule has 146 valence electrons. The lowest BCUT2D eigenvalue weighted by Gasteiger charge is -2.43. The molecule has 3 atom stereocenters. The molecule has 8 nitrogen and oxygen atoms in total. The Kier molecular flexibility index (Phi) is 6.52. The van der Waals surface area contributed by atoms with E-state index in [9.17, 15) is 4.79 Å². The van der Waals surface area contributed by atoms with Crippen LogP contribution in [0.4, 0.5) is 5.69 Å². The smallest absolute Gasteiger partial charge is 0.256 e. The van der Waals surface area contributed by atoms with Crippen LogP contribution >= 0.6 is 0 Å². The van der Waals surface area contributed by atoms with Gasteiger partial charge in [0.2, 0.25) is 0 Å². The minimum atomic E-state index is -0.464. The summed E-state index contributed by atoms with van der Waals surface area (Å²) in [5, 5.41) is 14.1. The number of aromatic amines is 1. The Hall–Kier alpha value is -2.32. The molecule has 27 heavy (non-hydrogen) atoms. The normalized spacial score (nSPS) is 21.7. The van der Waals surface area contributed by atoms with Gasteiger partial charge in [-0.25, -0.2) is 0 Å². The van der Waals surface area contributed by atoms with E-state index >= 15 is 0 Å². The summed E-state index contributed by atoms with van der Waals surface area (Å²) in [6.45, 7) is 6.78. The van der Waals surface area contributed by atoms with Crippen molar-refractivity contribution in [2.45, 2.75) is 38.8 Å². The number of carbonyl (C=O) groups excluding carboxylic acids is 1. The first-order chi connectivity index (χ1) is 13.1. The molecule has 2 aromatic rings. The van der Waals surface area contributed by atoms with E-state index in [0.29, 0.717) is 5.92 Å². The van der Waals surface area contributed by atoms with Gasteiger partial charge in [-0.1, -0.05) is 30.3 Å². The van der Waals surface area contributed by atoms with Gasteiger partial charge in [-0.2, -0.15) is 5.21 Å². The van der Waals surface area contributed by atoms with Gasteiger partial charge < -0.3 is 14.5 Å². The zero-order valence-corrected chi connectivity index (χ0v) is 16.2. The molecule has 1 aliphatic rings. The Morgan fingerprint density at radius 3 is 2.81 bits per heavy atom. The van der Waals surface area contributed by atoms with E-state index in [0.717, 1.165) is 44.0 Å². The third kappa shape index (κ3) is 4.70. The quantitative estimate of drug-likeness (QED) is 0.793. The molecule has 1 aromatic carbocycles. The monoisotopic (exact) mass is 372 g/mol. The first-order valence-electron chi connectivity index (χ1n) is 9.45. The van der Waals surface area contributed by atoms with Crippen LogP contribution in [0.25, 0.3) is 0 Å². The zero-order chi connectivity index (χ0) is 19.2. The summed E-state index contributed by atoms with van der Waals surface area (Å²) in [6.07, 6.45) is 1.23. The third-order valence-electron chi connectivity index (χ3n) is 5.29. The molecule has 0 bridgehead atoms. The van der Waals surface area contributed by atoms with Crippen LogP contribution in [0.5, 0.6) is 0 Å². The molecule has 0 spiro atoms. The van der Waals surface area contributed by atoms with Crippen molar-refractivity contribution in [3.63, 3.8) is 0 Å². The first-order valence-corrected chi connectivity index (χ1v) is 9.45. The van der Waals surface area contributed by atoms with Crippen LogP contribution in [0.1, 0.15) is 26.1 Å². The predicted octanol–water partition coefficient (Wildman–Crippen LogP) is 1.52. The molecule has 3 rings (SSSR count).